The van der Waals surface area contributed by atoms with Crippen LogP contribution in [0.3, 0.4) is 0 Å². The van der Waals surface area contributed by atoms with Gasteiger partial charge in [-0.15, -0.1) is 0 Å². The minimum atomic E-state index is -0.149. The Kier molecular flexibility index (Phi) is 3.99. The molecule has 1 heterocycles. The van der Waals surface area contributed by atoms with Gasteiger partial charge < -0.3 is 5.32 Å². The molecule has 1 saturated heterocycles. The SMILES string of the molecule is O=C1NC(=S)SC1=CC=Cc1ccccc1Cl. The van der Waals surface area contributed by atoms with Crippen LogP contribution in [0.4, 0.5) is 0 Å². The summed E-state index contributed by atoms with van der Waals surface area (Å²) in [7, 11) is 0. The fraction of sp³-hybridized carbons (Fsp3) is 0. The number of carbonyl (C=O) groups is 1. The molecule has 2 rings (SSSR count). The van der Waals surface area contributed by atoms with Gasteiger partial charge in [0.25, 0.3) is 5.91 Å². The summed E-state index contributed by atoms with van der Waals surface area (Å²) in [6.45, 7) is 0. The maximum Gasteiger partial charge on any atom is 0.263 e. The Morgan fingerprint density at radius 2 is 2.12 bits per heavy atom. The Bertz CT molecular complexity index is 537. The van der Waals surface area contributed by atoms with Gasteiger partial charge in [0.1, 0.15) is 4.32 Å². The van der Waals surface area contributed by atoms with Gasteiger partial charge >= 0.3 is 0 Å². The number of allylic oxidation sites excluding steroid dienone is 2. The second-order valence-corrected chi connectivity index (χ2v) is 5.38. The van der Waals surface area contributed by atoms with Gasteiger partial charge in [0.05, 0.1) is 4.91 Å². The summed E-state index contributed by atoms with van der Waals surface area (Å²) in [5.74, 6) is -0.149. The molecule has 1 aromatic carbocycles. The zero-order valence-electron chi connectivity index (χ0n) is 8.64. The average Bonchev–Trinajstić information content (AvgIpc) is 2.60. The van der Waals surface area contributed by atoms with E-state index in [1.807, 2.05) is 30.3 Å². The Morgan fingerprint density at radius 1 is 1.35 bits per heavy atom. The maximum absolute atomic E-state index is 11.3. The fourth-order valence-corrected chi connectivity index (χ4v) is 2.48. The van der Waals surface area contributed by atoms with Crippen molar-refractivity contribution in [2.45, 2.75) is 0 Å². The molecule has 0 unspecified atom stereocenters. The van der Waals surface area contributed by atoms with Gasteiger partial charge in [-0.05, 0) is 17.7 Å². The van der Waals surface area contributed by atoms with E-state index in [4.69, 9.17) is 23.8 Å². The molecule has 0 aliphatic carbocycles. The zero-order chi connectivity index (χ0) is 12.3. The van der Waals surface area contributed by atoms with Gasteiger partial charge in [0.2, 0.25) is 0 Å². The summed E-state index contributed by atoms with van der Waals surface area (Å²) in [5, 5.41) is 3.24. The van der Waals surface area contributed by atoms with E-state index < -0.39 is 0 Å². The number of benzene rings is 1. The van der Waals surface area contributed by atoms with Crippen LogP contribution in [0.5, 0.6) is 0 Å². The third-order valence-electron chi connectivity index (χ3n) is 2.07. The molecule has 1 amide bonds. The lowest BCUT2D eigenvalue weighted by Gasteiger charge is -1.95. The Balaban J connectivity index is 2.13. The molecular weight excluding hydrogens is 274 g/mol. The van der Waals surface area contributed by atoms with E-state index in [2.05, 4.69) is 5.32 Å². The Hall–Kier alpha value is -1.10. The number of amides is 1. The van der Waals surface area contributed by atoms with Crippen LogP contribution in [0.25, 0.3) is 6.08 Å². The molecule has 0 bridgehead atoms. The largest absolute Gasteiger partial charge is 0.307 e. The summed E-state index contributed by atoms with van der Waals surface area (Å²) in [4.78, 5) is 11.9. The van der Waals surface area contributed by atoms with E-state index in [1.165, 1.54) is 11.8 Å². The summed E-state index contributed by atoms with van der Waals surface area (Å²) < 4.78 is 0.493. The molecule has 0 radical (unpaired) electrons. The molecule has 1 aromatic rings. The van der Waals surface area contributed by atoms with Crippen molar-refractivity contribution < 1.29 is 4.79 Å². The van der Waals surface area contributed by atoms with Crippen LogP contribution in [0.2, 0.25) is 5.02 Å². The lowest BCUT2D eigenvalue weighted by molar-refractivity contribution is -0.115. The van der Waals surface area contributed by atoms with Gasteiger partial charge in [0, 0.05) is 5.02 Å². The van der Waals surface area contributed by atoms with Gasteiger partial charge in [0.15, 0.2) is 0 Å². The van der Waals surface area contributed by atoms with Gasteiger partial charge in [-0.3, -0.25) is 4.79 Å². The first kappa shape index (κ1) is 12.4. The molecule has 17 heavy (non-hydrogen) atoms. The molecule has 0 atom stereocenters. The van der Waals surface area contributed by atoms with Crippen LogP contribution in [-0.2, 0) is 4.79 Å². The molecule has 86 valence electrons. The molecular formula is C12H8ClNOS2. The van der Waals surface area contributed by atoms with Crippen molar-refractivity contribution in [1.29, 1.82) is 0 Å². The predicted octanol–water partition coefficient (Wildman–Crippen LogP) is 3.39. The number of hydrogen-bond donors (Lipinski definition) is 1. The number of rotatable bonds is 2. The molecule has 0 spiro atoms. The fourth-order valence-electron chi connectivity index (χ4n) is 1.29. The minimum Gasteiger partial charge on any atom is -0.307 e. The van der Waals surface area contributed by atoms with Crippen molar-refractivity contribution in [3.05, 3.63) is 51.9 Å². The van der Waals surface area contributed by atoms with Crippen LogP contribution in [0, 0.1) is 0 Å². The smallest absolute Gasteiger partial charge is 0.263 e. The number of thiocarbonyl (C=S) groups is 1. The first-order chi connectivity index (χ1) is 8.16. The molecule has 0 saturated carbocycles. The first-order valence-electron chi connectivity index (χ1n) is 4.83. The summed E-state index contributed by atoms with van der Waals surface area (Å²) in [5.41, 5.74) is 0.914. The number of halogens is 1. The van der Waals surface area contributed by atoms with Crippen LogP contribution in [-0.4, -0.2) is 10.2 Å². The molecule has 1 aliphatic heterocycles. The number of hydrogen-bond acceptors (Lipinski definition) is 3. The van der Waals surface area contributed by atoms with Crippen molar-refractivity contribution >= 4 is 51.9 Å². The van der Waals surface area contributed by atoms with E-state index in [0.29, 0.717) is 14.2 Å². The van der Waals surface area contributed by atoms with Crippen LogP contribution < -0.4 is 5.32 Å². The third kappa shape index (κ3) is 3.19. The predicted molar refractivity (Wildman–Crippen MR) is 76.9 cm³/mol. The first-order valence-corrected chi connectivity index (χ1v) is 6.43. The molecule has 1 aliphatic rings. The lowest BCUT2D eigenvalue weighted by Crippen LogP contribution is -2.17. The van der Waals surface area contributed by atoms with Crippen LogP contribution in [0.15, 0.2) is 41.3 Å². The topological polar surface area (TPSA) is 29.1 Å². The maximum atomic E-state index is 11.3. The van der Waals surface area contributed by atoms with E-state index in [-0.39, 0.29) is 5.91 Å². The highest BCUT2D eigenvalue weighted by molar-refractivity contribution is 8.26. The molecule has 2 nitrogen and oxygen atoms in total. The summed E-state index contributed by atoms with van der Waals surface area (Å²) in [6.07, 6.45) is 5.37. The third-order valence-corrected chi connectivity index (χ3v) is 3.60. The molecule has 5 heteroatoms. The van der Waals surface area contributed by atoms with Crippen molar-refractivity contribution in [2.24, 2.45) is 0 Å². The Morgan fingerprint density at radius 3 is 2.76 bits per heavy atom. The summed E-state index contributed by atoms with van der Waals surface area (Å²) >= 11 is 12.1. The van der Waals surface area contributed by atoms with Gasteiger partial charge in [-0.1, -0.05) is 65.9 Å². The Labute approximate surface area is 114 Å². The standard InChI is InChI=1S/C12H8ClNOS2/c13-9-6-2-1-4-8(9)5-3-7-10-11(15)14-12(16)17-10/h1-7H,(H,14,15,16). The normalized spacial score (nSPS) is 18.1. The zero-order valence-corrected chi connectivity index (χ0v) is 11.0. The number of nitrogens with one attached hydrogen (secondary N) is 1. The van der Waals surface area contributed by atoms with E-state index in [0.717, 1.165) is 5.56 Å². The van der Waals surface area contributed by atoms with E-state index in [9.17, 15) is 4.79 Å². The average molecular weight is 282 g/mol. The second-order valence-electron chi connectivity index (χ2n) is 3.26. The van der Waals surface area contributed by atoms with Gasteiger partial charge in [-0.25, -0.2) is 0 Å². The highest BCUT2D eigenvalue weighted by Gasteiger charge is 2.20. The van der Waals surface area contributed by atoms with E-state index >= 15 is 0 Å². The van der Waals surface area contributed by atoms with Crippen molar-refractivity contribution in [2.75, 3.05) is 0 Å². The summed E-state index contributed by atoms with van der Waals surface area (Å²) in [6, 6.07) is 7.51. The molecule has 1 fully saturated rings. The van der Waals surface area contributed by atoms with Crippen LogP contribution in [0.1, 0.15) is 5.56 Å². The van der Waals surface area contributed by atoms with E-state index in [1.54, 1.807) is 12.2 Å². The number of carbonyl (C=O) groups excluding carboxylic acids is 1. The lowest BCUT2D eigenvalue weighted by atomic mass is 10.2. The highest BCUT2D eigenvalue weighted by Crippen LogP contribution is 2.23. The second kappa shape index (κ2) is 5.49. The van der Waals surface area contributed by atoms with Crippen molar-refractivity contribution in [1.82, 2.24) is 5.32 Å². The molecule has 1 N–H and O–H groups in total. The molecule has 0 aromatic heterocycles. The monoisotopic (exact) mass is 281 g/mol. The minimum absolute atomic E-state index is 0.149. The van der Waals surface area contributed by atoms with Crippen molar-refractivity contribution in [3.63, 3.8) is 0 Å². The van der Waals surface area contributed by atoms with Gasteiger partial charge in [-0.2, -0.15) is 0 Å². The number of thioether (sulfide) groups is 1. The quantitative estimate of drug-likeness (QED) is 0.666. The van der Waals surface area contributed by atoms with Crippen molar-refractivity contribution in [3.8, 4) is 0 Å². The van der Waals surface area contributed by atoms with Crippen LogP contribution >= 0.6 is 35.6 Å². The highest BCUT2D eigenvalue weighted by atomic mass is 35.5.